The molecular formula is C17H24N2O6. The third kappa shape index (κ3) is 4.91. The molecule has 8 nitrogen and oxygen atoms in total. The van der Waals surface area contributed by atoms with Gasteiger partial charge in [-0.25, -0.2) is 4.79 Å². The Labute approximate surface area is 146 Å². The summed E-state index contributed by atoms with van der Waals surface area (Å²) in [4.78, 5) is 25.8. The van der Waals surface area contributed by atoms with Crippen molar-refractivity contribution >= 4 is 12.0 Å². The van der Waals surface area contributed by atoms with E-state index >= 15 is 0 Å². The molecule has 0 aromatic heterocycles. The second-order valence-electron chi connectivity index (χ2n) is 7.08. The minimum absolute atomic E-state index is 0.0439. The van der Waals surface area contributed by atoms with Gasteiger partial charge in [0.25, 0.3) is 5.91 Å². The molecule has 1 aromatic rings. The molecule has 2 rings (SSSR count). The van der Waals surface area contributed by atoms with E-state index in [9.17, 15) is 24.9 Å². The normalized spacial score (nSPS) is 15.7. The number of likely N-dealkylation sites (tertiary alicyclic amines) is 1. The van der Waals surface area contributed by atoms with E-state index in [4.69, 9.17) is 4.74 Å². The zero-order valence-corrected chi connectivity index (χ0v) is 14.6. The van der Waals surface area contributed by atoms with Gasteiger partial charge >= 0.3 is 6.09 Å². The lowest BCUT2D eigenvalue weighted by Gasteiger charge is -2.33. The maximum Gasteiger partial charge on any atom is 0.410 e. The molecule has 0 unspecified atom stereocenters. The van der Waals surface area contributed by atoms with Gasteiger partial charge in [-0.05, 0) is 45.7 Å². The summed E-state index contributed by atoms with van der Waals surface area (Å²) < 4.78 is 5.32. The number of amides is 2. The second-order valence-corrected chi connectivity index (χ2v) is 7.08. The predicted molar refractivity (Wildman–Crippen MR) is 89.7 cm³/mol. The van der Waals surface area contributed by atoms with Crippen molar-refractivity contribution in [2.45, 2.75) is 45.3 Å². The Hall–Kier alpha value is -2.64. The van der Waals surface area contributed by atoms with Crippen LogP contribution in [0.5, 0.6) is 17.2 Å². The van der Waals surface area contributed by atoms with E-state index in [1.54, 1.807) is 25.7 Å². The summed E-state index contributed by atoms with van der Waals surface area (Å²) in [5.41, 5.74) is -0.507. The third-order valence-electron chi connectivity index (χ3n) is 3.81. The maximum absolute atomic E-state index is 12.2. The van der Waals surface area contributed by atoms with Gasteiger partial charge in [-0.1, -0.05) is 0 Å². The number of carbonyl (C=O) groups excluding carboxylic acids is 2. The Morgan fingerprint density at radius 1 is 1.12 bits per heavy atom. The molecule has 0 atom stereocenters. The van der Waals surface area contributed by atoms with Crippen molar-refractivity contribution < 1.29 is 29.6 Å². The maximum atomic E-state index is 12.2. The average Bonchev–Trinajstić information content (AvgIpc) is 2.51. The number of benzene rings is 1. The minimum Gasteiger partial charge on any atom is -0.504 e. The molecule has 4 N–H and O–H groups in total. The van der Waals surface area contributed by atoms with E-state index in [2.05, 4.69) is 5.32 Å². The van der Waals surface area contributed by atoms with Gasteiger partial charge in [0.05, 0.1) is 0 Å². The molecule has 8 heteroatoms. The molecule has 0 radical (unpaired) electrons. The fourth-order valence-corrected chi connectivity index (χ4v) is 2.54. The molecule has 25 heavy (non-hydrogen) atoms. The van der Waals surface area contributed by atoms with Crippen molar-refractivity contribution in [1.82, 2.24) is 10.2 Å². The number of ether oxygens (including phenoxy) is 1. The highest BCUT2D eigenvalue weighted by Crippen LogP contribution is 2.35. The van der Waals surface area contributed by atoms with E-state index in [1.807, 2.05) is 0 Å². The van der Waals surface area contributed by atoms with Crippen LogP contribution in [0.4, 0.5) is 4.79 Å². The van der Waals surface area contributed by atoms with Crippen molar-refractivity contribution in [3.05, 3.63) is 17.7 Å². The summed E-state index contributed by atoms with van der Waals surface area (Å²) in [6, 6.07) is 2.03. The van der Waals surface area contributed by atoms with Crippen LogP contribution >= 0.6 is 0 Å². The summed E-state index contributed by atoms with van der Waals surface area (Å²) in [5.74, 6) is -2.27. The largest absolute Gasteiger partial charge is 0.504 e. The van der Waals surface area contributed by atoms with Crippen molar-refractivity contribution in [2.24, 2.45) is 0 Å². The van der Waals surface area contributed by atoms with Crippen LogP contribution in [0.1, 0.15) is 44.0 Å². The van der Waals surface area contributed by atoms with Gasteiger partial charge < -0.3 is 30.3 Å². The fourth-order valence-electron chi connectivity index (χ4n) is 2.54. The number of carbonyl (C=O) groups is 2. The lowest BCUT2D eigenvalue weighted by atomic mass is 10.0. The van der Waals surface area contributed by atoms with Crippen LogP contribution in [0.15, 0.2) is 12.1 Å². The summed E-state index contributed by atoms with van der Waals surface area (Å²) in [5, 5.41) is 31.1. The first-order valence-electron chi connectivity index (χ1n) is 8.10. The van der Waals surface area contributed by atoms with Crippen molar-refractivity contribution in [3.8, 4) is 17.2 Å². The molecule has 0 saturated carbocycles. The minimum atomic E-state index is -0.665. The van der Waals surface area contributed by atoms with Crippen LogP contribution in [0, 0.1) is 0 Å². The van der Waals surface area contributed by atoms with Gasteiger partial charge in [0.15, 0.2) is 17.2 Å². The van der Waals surface area contributed by atoms with Gasteiger partial charge in [-0.15, -0.1) is 0 Å². The van der Waals surface area contributed by atoms with E-state index < -0.39 is 28.8 Å². The fraction of sp³-hybridized carbons (Fsp3) is 0.529. The molecule has 0 spiro atoms. The van der Waals surface area contributed by atoms with Crippen LogP contribution in [0.25, 0.3) is 0 Å². The Morgan fingerprint density at radius 2 is 1.64 bits per heavy atom. The number of aromatic hydroxyl groups is 3. The van der Waals surface area contributed by atoms with Gasteiger partial charge in [0.1, 0.15) is 5.60 Å². The standard InChI is InChI=1S/C17H24N2O6/c1-17(2,3)25-16(24)19-6-4-11(5-7-19)18-15(23)10-8-12(20)14(22)13(21)9-10/h8-9,11,20-22H,4-7H2,1-3H3,(H,18,23). The highest BCUT2D eigenvalue weighted by molar-refractivity contribution is 5.95. The zero-order valence-electron chi connectivity index (χ0n) is 14.6. The van der Waals surface area contributed by atoms with Crippen molar-refractivity contribution in [1.29, 1.82) is 0 Å². The van der Waals surface area contributed by atoms with Gasteiger partial charge in [-0.3, -0.25) is 4.79 Å². The Bertz CT molecular complexity index is 637. The molecule has 1 aliphatic heterocycles. The molecular weight excluding hydrogens is 328 g/mol. The van der Waals surface area contributed by atoms with Gasteiger partial charge in [0, 0.05) is 24.7 Å². The van der Waals surface area contributed by atoms with Crippen LogP contribution in [0.2, 0.25) is 0 Å². The van der Waals surface area contributed by atoms with E-state index in [0.717, 1.165) is 12.1 Å². The topological polar surface area (TPSA) is 119 Å². The van der Waals surface area contributed by atoms with Crippen LogP contribution in [0.3, 0.4) is 0 Å². The van der Waals surface area contributed by atoms with Crippen LogP contribution in [-0.2, 0) is 4.74 Å². The SMILES string of the molecule is CC(C)(C)OC(=O)N1CCC(NC(=O)c2cc(O)c(O)c(O)c2)CC1. The highest BCUT2D eigenvalue weighted by atomic mass is 16.6. The number of hydrogen-bond acceptors (Lipinski definition) is 6. The van der Waals surface area contributed by atoms with Crippen LogP contribution in [-0.4, -0.2) is 57.0 Å². The van der Waals surface area contributed by atoms with Gasteiger partial charge in [0.2, 0.25) is 0 Å². The smallest absolute Gasteiger partial charge is 0.410 e. The number of phenolic OH excluding ortho intramolecular Hbond substituents is 3. The first-order valence-corrected chi connectivity index (χ1v) is 8.10. The predicted octanol–water partition coefficient (Wildman–Crippen LogP) is 1.93. The molecule has 1 fully saturated rings. The Kier molecular flexibility index (Phi) is 5.30. The van der Waals surface area contributed by atoms with E-state index in [0.29, 0.717) is 25.9 Å². The number of phenols is 3. The first kappa shape index (κ1) is 18.7. The van der Waals surface area contributed by atoms with Crippen molar-refractivity contribution in [3.63, 3.8) is 0 Å². The van der Waals surface area contributed by atoms with E-state index in [-0.39, 0.29) is 17.7 Å². The molecule has 0 bridgehead atoms. The Balaban J connectivity index is 1.90. The molecule has 1 aromatic carbocycles. The quantitative estimate of drug-likeness (QED) is 0.604. The summed E-state index contributed by atoms with van der Waals surface area (Å²) in [7, 11) is 0. The summed E-state index contributed by atoms with van der Waals surface area (Å²) >= 11 is 0. The first-order chi connectivity index (χ1) is 11.6. The Morgan fingerprint density at radius 3 is 2.12 bits per heavy atom. The van der Waals surface area contributed by atoms with Gasteiger partial charge in [-0.2, -0.15) is 0 Å². The number of rotatable bonds is 2. The summed E-state index contributed by atoms with van der Waals surface area (Å²) in [6.45, 7) is 6.35. The highest BCUT2D eigenvalue weighted by Gasteiger charge is 2.27. The molecule has 1 heterocycles. The number of nitrogens with one attached hydrogen (secondary N) is 1. The molecule has 2 amide bonds. The lowest BCUT2D eigenvalue weighted by Crippen LogP contribution is -2.47. The van der Waals surface area contributed by atoms with Crippen molar-refractivity contribution in [2.75, 3.05) is 13.1 Å². The molecule has 138 valence electrons. The average molecular weight is 352 g/mol. The summed E-state index contributed by atoms with van der Waals surface area (Å²) in [6.07, 6.45) is 0.771. The van der Waals surface area contributed by atoms with Crippen LogP contribution < -0.4 is 5.32 Å². The lowest BCUT2D eigenvalue weighted by molar-refractivity contribution is 0.0199. The second kappa shape index (κ2) is 7.08. The monoisotopic (exact) mass is 352 g/mol. The zero-order chi connectivity index (χ0) is 18.8. The van der Waals surface area contributed by atoms with E-state index in [1.165, 1.54) is 0 Å². The third-order valence-corrected chi connectivity index (χ3v) is 3.81. The number of nitrogens with zero attached hydrogens (tertiary/aromatic N) is 1. The molecule has 0 aliphatic carbocycles. The number of piperidine rings is 1. The molecule has 1 aliphatic rings. The molecule has 1 saturated heterocycles. The number of hydrogen-bond donors (Lipinski definition) is 4.